The Kier molecular flexibility index (Phi) is 6.22. The van der Waals surface area contributed by atoms with Gasteiger partial charge in [0.15, 0.2) is 11.5 Å². The highest BCUT2D eigenvalue weighted by molar-refractivity contribution is 5.77. The lowest BCUT2D eigenvalue weighted by Crippen LogP contribution is -2.38. The van der Waals surface area contributed by atoms with Gasteiger partial charge in [0.05, 0.1) is 19.3 Å². The Morgan fingerprint density at radius 3 is 2.67 bits per heavy atom. The number of benzene rings is 1. The van der Waals surface area contributed by atoms with E-state index in [1.807, 2.05) is 30.0 Å². The van der Waals surface area contributed by atoms with Crippen molar-refractivity contribution in [1.29, 1.82) is 0 Å². The van der Waals surface area contributed by atoms with Crippen LogP contribution in [0, 0.1) is 12.8 Å². The molecule has 1 aromatic carbocycles. The van der Waals surface area contributed by atoms with Crippen molar-refractivity contribution in [3.63, 3.8) is 0 Å². The molecule has 9 nitrogen and oxygen atoms in total. The van der Waals surface area contributed by atoms with E-state index >= 15 is 0 Å². The smallest absolute Gasteiger partial charge is 0.255 e. The van der Waals surface area contributed by atoms with E-state index in [4.69, 9.17) is 14.2 Å². The number of fused-ring (bicyclic) bond motifs is 1. The fourth-order valence-corrected chi connectivity index (χ4v) is 4.46. The number of anilines is 1. The maximum atomic E-state index is 12.8. The van der Waals surface area contributed by atoms with Gasteiger partial charge < -0.3 is 24.4 Å². The third-order valence-electron chi connectivity index (χ3n) is 6.46. The molecule has 1 saturated heterocycles. The summed E-state index contributed by atoms with van der Waals surface area (Å²) < 4.78 is 16.7. The molecule has 0 bridgehead atoms. The van der Waals surface area contributed by atoms with E-state index in [2.05, 4.69) is 15.3 Å². The number of ether oxygens (including phenoxy) is 3. The lowest BCUT2D eigenvalue weighted by atomic mass is 10.0. The number of nitrogens with zero attached hydrogens (tertiary/aromatic N) is 2. The number of carbonyl (C=O) groups excluding carboxylic acids is 1. The molecule has 176 valence electrons. The highest BCUT2D eigenvalue weighted by Crippen LogP contribution is 2.43. The van der Waals surface area contributed by atoms with Crippen LogP contribution in [0.25, 0.3) is 0 Å². The first-order valence-electron chi connectivity index (χ1n) is 11.7. The Morgan fingerprint density at radius 1 is 1.18 bits per heavy atom. The molecule has 1 aliphatic carbocycles. The van der Waals surface area contributed by atoms with Gasteiger partial charge in [-0.15, -0.1) is 0 Å². The second kappa shape index (κ2) is 9.43. The minimum atomic E-state index is -0.178. The number of aryl methyl sites for hydroxylation is 1. The quantitative estimate of drug-likeness (QED) is 0.658. The van der Waals surface area contributed by atoms with E-state index in [9.17, 15) is 9.59 Å². The van der Waals surface area contributed by atoms with E-state index in [0.717, 1.165) is 29.9 Å². The van der Waals surface area contributed by atoms with Gasteiger partial charge in [0, 0.05) is 30.8 Å². The standard InChI is InChI=1S/C24H30N4O5/c1-15-18(23(30)27-24(25-15)28-8-10-31-11-9-28)5-7-21(29)26-22(16-2-3-16)17-4-6-19-20(14-17)33-13-12-32-19/h4,6,14,16,22H,2-3,5,7-13H2,1H3,(H,26,29)(H,25,27,30). The Bertz CT molecular complexity index is 1080. The molecule has 2 fully saturated rings. The molecule has 5 rings (SSSR count). The predicted octanol–water partition coefficient (Wildman–Crippen LogP) is 1.89. The minimum Gasteiger partial charge on any atom is -0.486 e. The van der Waals surface area contributed by atoms with Crippen molar-refractivity contribution in [1.82, 2.24) is 15.3 Å². The highest BCUT2D eigenvalue weighted by atomic mass is 16.6. The van der Waals surface area contributed by atoms with Crippen LogP contribution >= 0.6 is 0 Å². The third-order valence-corrected chi connectivity index (χ3v) is 6.46. The average molecular weight is 455 g/mol. The van der Waals surface area contributed by atoms with Crippen molar-refractivity contribution in [3.8, 4) is 11.5 Å². The van der Waals surface area contributed by atoms with Gasteiger partial charge in [-0.05, 0) is 49.8 Å². The number of carbonyl (C=O) groups is 1. The van der Waals surface area contributed by atoms with Crippen molar-refractivity contribution in [2.45, 2.75) is 38.6 Å². The summed E-state index contributed by atoms with van der Waals surface area (Å²) in [4.78, 5) is 35.0. The maximum absolute atomic E-state index is 12.8. The average Bonchev–Trinajstić information content (AvgIpc) is 3.67. The molecule has 1 amide bonds. The van der Waals surface area contributed by atoms with Crippen LogP contribution in [-0.2, 0) is 16.0 Å². The van der Waals surface area contributed by atoms with Gasteiger partial charge in [-0.1, -0.05) is 6.07 Å². The highest BCUT2D eigenvalue weighted by Gasteiger charge is 2.34. The van der Waals surface area contributed by atoms with Crippen molar-refractivity contribution in [2.75, 3.05) is 44.4 Å². The minimum absolute atomic E-state index is 0.0606. The second-order valence-corrected chi connectivity index (χ2v) is 8.84. The summed E-state index contributed by atoms with van der Waals surface area (Å²) in [6.07, 6.45) is 2.76. The summed E-state index contributed by atoms with van der Waals surface area (Å²) in [6.45, 7) is 5.55. The largest absolute Gasteiger partial charge is 0.486 e. The molecule has 0 spiro atoms. The molecule has 1 saturated carbocycles. The summed E-state index contributed by atoms with van der Waals surface area (Å²) >= 11 is 0. The van der Waals surface area contributed by atoms with Crippen LogP contribution in [-0.4, -0.2) is 55.4 Å². The number of hydrogen-bond acceptors (Lipinski definition) is 7. The van der Waals surface area contributed by atoms with Gasteiger partial charge in [0.2, 0.25) is 11.9 Å². The molecule has 33 heavy (non-hydrogen) atoms. The van der Waals surface area contributed by atoms with E-state index in [-0.39, 0.29) is 23.9 Å². The first kappa shape index (κ1) is 21.8. The molecule has 0 radical (unpaired) electrons. The Labute approximate surface area is 192 Å². The van der Waals surface area contributed by atoms with E-state index in [1.165, 1.54) is 0 Å². The van der Waals surface area contributed by atoms with E-state index < -0.39 is 0 Å². The number of H-pyrrole nitrogens is 1. The number of nitrogens with one attached hydrogen (secondary N) is 2. The molecule has 1 aromatic heterocycles. The van der Waals surface area contributed by atoms with Gasteiger partial charge in [-0.2, -0.15) is 0 Å². The maximum Gasteiger partial charge on any atom is 0.255 e. The lowest BCUT2D eigenvalue weighted by Gasteiger charge is -2.27. The Balaban J connectivity index is 1.24. The predicted molar refractivity (Wildman–Crippen MR) is 122 cm³/mol. The van der Waals surface area contributed by atoms with Crippen LogP contribution < -0.4 is 25.2 Å². The monoisotopic (exact) mass is 454 g/mol. The number of morpholine rings is 1. The summed E-state index contributed by atoms with van der Waals surface area (Å²) in [5.41, 5.74) is 2.08. The van der Waals surface area contributed by atoms with Crippen molar-refractivity contribution in [3.05, 3.63) is 45.4 Å². The lowest BCUT2D eigenvalue weighted by molar-refractivity contribution is -0.122. The number of aromatic amines is 1. The van der Waals surface area contributed by atoms with E-state index in [0.29, 0.717) is 69.1 Å². The van der Waals surface area contributed by atoms with Gasteiger partial charge >= 0.3 is 0 Å². The van der Waals surface area contributed by atoms with Crippen molar-refractivity contribution >= 4 is 11.9 Å². The molecule has 3 aliphatic rings. The number of hydrogen-bond donors (Lipinski definition) is 2. The van der Waals surface area contributed by atoms with Gasteiger partial charge in [-0.3, -0.25) is 14.6 Å². The Morgan fingerprint density at radius 2 is 1.94 bits per heavy atom. The molecule has 9 heteroatoms. The fraction of sp³-hybridized carbons (Fsp3) is 0.542. The van der Waals surface area contributed by atoms with Crippen molar-refractivity contribution in [2.24, 2.45) is 5.92 Å². The van der Waals surface area contributed by atoms with Gasteiger partial charge in [0.25, 0.3) is 5.56 Å². The number of amides is 1. The summed E-state index contributed by atoms with van der Waals surface area (Å²) in [5.74, 6) is 2.40. The zero-order valence-electron chi connectivity index (χ0n) is 18.9. The van der Waals surface area contributed by atoms with Crippen LogP contribution in [0.1, 0.15) is 42.1 Å². The van der Waals surface area contributed by atoms with Gasteiger partial charge in [-0.25, -0.2) is 4.98 Å². The molecule has 2 aliphatic heterocycles. The molecular formula is C24H30N4O5. The van der Waals surface area contributed by atoms with Crippen LogP contribution in [0.2, 0.25) is 0 Å². The van der Waals surface area contributed by atoms with E-state index in [1.54, 1.807) is 0 Å². The first-order valence-corrected chi connectivity index (χ1v) is 11.7. The normalized spacial score (nSPS) is 18.6. The summed E-state index contributed by atoms with van der Waals surface area (Å²) in [6, 6.07) is 5.83. The molecule has 1 unspecified atom stereocenters. The summed E-state index contributed by atoms with van der Waals surface area (Å²) in [5, 5.41) is 3.18. The summed E-state index contributed by atoms with van der Waals surface area (Å²) in [7, 11) is 0. The van der Waals surface area contributed by atoms with Crippen molar-refractivity contribution < 1.29 is 19.0 Å². The molecule has 1 atom stereocenters. The van der Waals surface area contributed by atoms with Crippen LogP contribution in [0.3, 0.4) is 0 Å². The van der Waals surface area contributed by atoms with Crippen LogP contribution in [0.15, 0.2) is 23.0 Å². The third kappa shape index (κ3) is 4.98. The van der Waals surface area contributed by atoms with Crippen LogP contribution in [0.5, 0.6) is 11.5 Å². The second-order valence-electron chi connectivity index (χ2n) is 8.84. The molecule has 2 aromatic rings. The number of rotatable bonds is 7. The first-order chi connectivity index (χ1) is 16.1. The zero-order chi connectivity index (χ0) is 22.8. The van der Waals surface area contributed by atoms with Crippen LogP contribution in [0.4, 0.5) is 5.95 Å². The molecular weight excluding hydrogens is 424 g/mol. The van der Waals surface area contributed by atoms with Gasteiger partial charge in [0.1, 0.15) is 13.2 Å². The molecule has 3 heterocycles. The Hall–Kier alpha value is -3.07. The topological polar surface area (TPSA) is 106 Å². The molecule has 2 N–H and O–H groups in total. The fourth-order valence-electron chi connectivity index (χ4n) is 4.46. The zero-order valence-corrected chi connectivity index (χ0v) is 18.9. The number of aromatic nitrogens is 2. The SMILES string of the molecule is Cc1nc(N2CCOCC2)[nH]c(=O)c1CCC(=O)NC(c1ccc2c(c1)OCCO2)C1CC1.